The van der Waals surface area contributed by atoms with Gasteiger partial charge in [0.05, 0.1) is 12.3 Å². The number of carbonyl (C=O) groups is 1. The Morgan fingerprint density at radius 1 is 1.65 bits per heavy atom. The van der Waals surface area contributed by atoms with Crippen LogP contribution in [0.15, 0.2) is 16.9 Å². The van der Waals surface area contributed by atoms with Crippen molar-refractivity contribution in [3.8, 4) is 0 Å². The van der Waals surface area contributed by atoms with Crippen LogP contribution in [0.2, 0.25) is 0 Å². The number of piperidine rings is 1. The number of aromatic nitrogens is 1. The van der Waals surface area contributed by atoms with Gasteiger partial charge in [0, 0.05) is 39.4 Å². The number of nitrogens with zero attached hydrogens (tertiary/aromatic N) is 2. The van der Waals surface area contributed by atoms with Crippen LogP contribution in [-0.4, -0.2) is 60.0 Å². The van der Waals surface area contributed by atoms with Crippen molar-refractivity contribution in [2.24, 2.45) is 0 Å². The molecule has 1 aliphatic rings. The maximum absolute atomic E-state index is 12.3. The zero-order valence-electron chi connectivity index (χ0n) is 11.7. The van der Waals surface area contributed by atoms with Gasteiger partial charge in [-0.05, 0) is 12.8 Å². The molecule has 1 atom stereocenters. The number of hydrogen-bond acceptors (Lipinski definition) is 6. The minimum absolute atomic E-state index is 0.210. The Balaban J connectivity index is 1.85. The van der Waals surface area contributed by atoms with Gasteiger partial charge in [0.15, 0.2) is 5.60 Å². The van der Waals surface area contributed by atoms with Crippen LogP contribution >= 0.6 is 0 Å². The molecule has 0 bridgehead atoms. The molecule has 7 nitrogen and oxygen atoms in total. The molecule has 0 aliphatic carbocycles. The van der Waals surface area contributed by atoms with E-state index < -0.39 is 5.60 Å². The Bertz CT molecular complexity index is 423. The highest BCUT2D eigenvalue weighted by molar-refractivity contribution is 5.86. The number of hydrogen-bond donors (Lipinski definition) is 2. The first kappa shape index (κ1) is 15.0. The SMILES string of the molecule is COCCN1CCC[C@@](O)(CNCc2ccon2)C1=O. The molecule has 1 saturated heterocycles. The smallest absolute Gasteiger partial charge is 0.255 e. The van der Waals surface area contributed by atoms with Crippen molar-refractivity contribution in [2.75, 3.05) is 33.4 Å². The summed E-state index contributed by atoms with van der Waals surface area (Å²) in [5, 5.41) is 17.3. The van der Waals surface area contributed by atoms with Crippen LogP contribution in [-0.2, 0) is 16.1 Å². The molecule has 1 aromatic heterocycles. The highest BCUT2D eigenvalue weighted by atomic mass is 16.5. The number of carbonyl (C=O) groups excluding carboxylic acids is 1. The van der Waals surface area contributed by atoms with Gasteiger partial charge in [-0.25, -0.2) is 0 Å². The number of rotatable bonds is 7. The zero-order valence-corrected chi connectivity index (χ0v) is 11.7. The highest BCUT2D eigenvalue weighted by Gasteiger charge is 2.41. The topological polar surface area (TPSA) is 87.8 Å². The minimum atomic E-state index is -1.34. The Morgan fingerprint density at radius 3 is 3.20 bits per heavy atom. The lowest BCUT2D eigenvalue weighted by Gasteiger charge is -2.38. The third kappa shape index (κ3) is 3.56. The molecule has 1 amide bonds. The van der Waals surface area contributed by atoms with Crippen molar-refractivity contribution in [3.05, 3.63) is 18.0 Å². The molecule has 1 aliphatic heterocycles. The van der Waals surface area contributed by atoms with Gasteiger partial charge < -0.3 is 24.6 Å². The Morgan fingerprint density at radius 2 is 2.50 bits per heavy atom. The Kier molecular flexibility index (Phi) is 5.11. The van der Waals surface area contributed by atoms with Crippen LogP contribution in [0.25, 0.3) is 0 Å². The monoisotopic (exact) mass is 283 g/mol. The number of nitrogens with one attached hydrogen (secondary N) is 1. The second-order valence-corrected chi connectivity index (χ2v) is 5.01. The van der Waals surface area contributed by atoms with Gasteiger partial charge in [-0.15, -0.1) is 0 Å². The van der Waals surface area contributed by atoms with Crippen LogP contribution in [0, 0.1) is 0 Å². The molecule has 1 aromatic rings. The summed E-state index contributed by atoms with van der Waals surface area (Å²) in [4.78, 5) is 13.9. The normalized spacial score (nSPS) is 23.3. The fourth-order valence-corrected chi connectivity index (χ4v) is 2.37. The second kappa shape index (κ2) is 6.83. The Hall–Kier alpha value is -1.44. The second-order valence-electron chi connectivity index (χ2n) is 5.01. The van der Waals surface area contributed by atoms with E-state index in [1.54, 1.807) is 18.1 Å². The maximum Gasteiger partial charge on any atom is 0.255 e. The van der Waals surface area contributed by atoms with E-state index >= 15 is 0 Å². The van der Waals surface area contributed by atoms with E-state index in [4.69, 9.17) is 9.26 Å². The van der Waals surface area contributed by atoms with Crippen LogP contribution in [0.1, 0.15) is 18.5 Å². The predicted octanol–water partition coefficient (Wildman–Crippen LogP) is -0.236. The van der Waals surface area contributed by atoms with Crippen molar-refractivity contribution in [2.45, 2.75) is 25.0 Å². The fraction of sp³-hybridized carbons (Fsp3) is 0.692. The standard InChI is InChI=1S/C13H21N3O4/c1-19-8-6-16-5-2-4-13(18,12(16)17)10-14-9-11-3-7-20-15-11/h3,7,14,18H,2,4-6,8-10H2,1H3/t13-/m1/s1. The molecule has 0 unspecified atom stereocenters. The number of amides is 1. The quantitative estimate of drug-likeness (QED) is 0.718. The highest BCUT2D eigenvalue weighted by Crippen LogP contribution is 2.22. The first-order valence-electron chi connectivity index (χ1n) is 6.76. The summed E-state index contributed by atoms with van der Waals surface area (Å²) in [6.07, 6.45) is 2.75. The number of aliphatic hydroxyl groups is 1. The average Bonchev–Trinajstić information content (AvgIpc) is 2.94. The molecule has 1 fully saturated rings. The maximum atomic E-state index is 12.3. The van der Waals surface area contributed by atoms with Crippen LogP contribution in [0.3, 0.4) is 0 Å². The zero-order chi connectivity index (χ0) is 14.4. The number of ether oxygens (including phenoxy) is 1. The van der Waals surface area contributed by atoms with Gasteiger partial charge in [0.1, 0.15) is 6.26 Å². The third-order valence-corrected chi connectivity index (χ3v) is 3.48. The molecule has 2 rings (SSSR count). The lowest BCUT2D eigenvalue weighted by atomic mass is 9.91. The molecule has 2 heterocycles. The summed E-state index contributed by atoms with van der Waals surface area (Å²) in [6.45, 7) is 2.34. The van der Waals surface area contributed by atoms with Crippen molar-refractivity contribution < 1.29 is 19.2 Å². The lowest BCUT2D eigenvalue weighted by Crippen LogP contribution is -2.58. The van der Waals surface area contributed by atoms with Gasteiger partial charge in [-0.1, -0.05) is 5.16 Å². The molecule has 20 heavy (non-hydrogen) atoms. The van der Waals surface area contributed by atoms with E-state index in [-0.39, 0.29) is 12.5 Å². The van der Waals surface area contributed by atoms with E-state index in [2.05, 4.69) is 10.5 Å². The molecule has 0 spiro atoms. The number of methoxy groups -OCH3 is 1. The van der Waals surface area contributed by atoms with E-state index in [9.17, 15) is 9.90 Å². The Labute approximate surface area is 117 Å². The van der Waals surface area contributed by atoms with Gasteiger partial charge >= 0.3 is 0 Å². The van der Waals surface area contributed by atoms with Crippen molar-refractivity contribution in [1.82, 2.24) is 15.4 Å². The molecule has 0 aromatic carbocycles. The molecule has 2 N–H and O–H groups in total. The summed E-state index contributed by atoms with van der Waals surface area (Å²) < 4.78 is 9.70. The van der Waals surface area contributed by atoms with E-state index in [1.807, 2.05) is 0 Å². The van der Waals surface area contributed by atoms with Gasteiger partial charge in [0.25, 0.3) is 5.91 Å². The van der Waals surface area contributed by atoms with E-state index in [0.29, 0.717) is 32.7 Å². The lowest BCUT2D eigenvalue weighted by molar-refractivity contribution is -0.157. The summed E-state index contributed by atoms with van der Waals surface area (Å²) in [5.74, 6) is -0.228. The molecule has 0 saturated carbocycles. The van der Waals surface area contributed by atoms with Crippen molar-refractivity contribution in [1.29, 1.82) is 0 Å². The van der Waals surface area contributed by atoms with Gasteiger partial charge in [0.2, 0.25) is 0 Å². The van der Waals surface area contributed by atoms with Crippen molar-refractivity contribution >= 4 is 5.91 Å². The van der Waals surface area contributed by atoms with E-state index in [0.717, 1.165) is 12.1 Å². The summed E-state index contributed by atoms with van der Waals surface area (Å²) in [6, 6.07) is 1.74. The summed E-state index contributed by atoms with van der Waals surface area (Å²) in [5.41, 5.74) is -0.594. The van der Waals surface area contributed by atoms with Gasteiger partial charge in [-0.3, -0.25) is 4.79 Å². The largest absolute Gasteiger partial charge is 0.383 e. The predicted molar refractivity (Wildman–Crippen MR) is 70.8 cm³/mol. The van der Waals surface area contributed by atoms with Gasteiger partial charge in [-0.2, -0.15) is 0 Å². The molecule has 112 valence electrons. The average molecular weight is 283 g/mol. The summed E-state index contributed by atoms with van der Waals surface area (Å²) in [7, 11) is 1.60. The first-order valence-corrected chi connectivity index (χ1v) is 6.76. The minimum Gasteiger partial charge on any atom is -0.383 e. The third-order valence-electron chi connectivity index (χ3n) is 3.48. The molecule has 7 heteroatoms. The number of likely N-dealkylation sites (tertiary alicyclic amines) is 1. The van der Waals surface area contributed by atoms with Crippen LogP contribution in [0.4, 0.5) is 0 Å². The van der Waals surface area contributed by atoms with Crippen LogP contribution in [0.5, 0.6) is 0 Å². The molecule has 0 radical (unpaired) electrons. The molecular formula is C13H21N3O4. The fourth-order valence-electron chi connectivity index (χ4n) is 2.37. The summed E-state index contributed by atoms with van der Waals surface area (Å²) >= 11 is 0. The van der Waals surface area contributed by atoms with Crippen molar-refractivity contribution in [3.63, 3.8) is 0 Å². The molecular weight excluding hydrogens is 262 g/mol. The first-order chi connectivity index (χ1) is 9.65. The van der Waals surface area contributed by atoms with E-state index in [1.165, 1.54) is 6.26 Å². The van der Waals surface area contributed by atoms with Crippen LogP contribution < -0.4 is 5.32 Å².